The van der Waals surface area contributed by atoms with Gasteiger partial charge in [0.1, 0.15) is 5.65 Å². The lowest BCUT2D eigenvalue weighted by atomic mass is 10.0. The van der Waals surface area contributed by atoms with Crippen LogP contribution in [0, 0.1) is 0 Å². The van der Waals surface area contributed by atoms with E-state index in [0.29, 0.717) is 0 Å². The van der Waals surface area contributed by atoms with Crippen LogP contribution in [-0.2, 0) is 4.57 Å². The zero-order valence-corrected chi connectivity index (χ0v) is 28.3. The summed E-state index contributed by atoms with van der Waals surface area (Å²) in [5, 5.41) is 5.64. The highest BCUT2D eigenvalue weighted by Gasteiger charge is 2.29. The standard InChI is InChI=1S/C45H29N4OP/c50-51(34-12-3-1-4-13-34,35-14-5-2-6-15-35)36-23-19-30(20-24-36)33-22-26-39(46-29-33)32-21-25-37-43(28-32)49-42-18-10-9-17-41(42)48-45(49)38-27-31-11-7-8-16-40(31)47-44(37)38/h1-29H. The molecule has 51 heavy (non-hydrogen) atoms. The van der Waals surface area contributed by atoms with Gasteiger partial charge in [0.05, 0.1) is 33.3 Å². The van der Waals surface area contributed by atoms with Gasteiger partial charge in [-0.05, 0) is 48.0 Å². The van der Waals surface area contributed by atoms with E-state index in [4.69, 9.17) is 15.0 Å². The molecule has 4 heterocycles. The molecule has 0 saturated heterocycles. The second-order valence-electron chi connectivity index (χ2n) is 12.8. The predicted octanol–water partition coefficient (Wildman–Crippen LogP) is 9.71. The van der Waals surface area contributed by atoms with Gasteiger partial charge in [-0.25, -0.2) is 9.97 Å². The minimum absolute atomic E-state index is 0.803. The number of hydrogen-bond acceptors (Lipinski definition) is 4. The average Bonchev–Trinajstić information content (AvgIpc) is 3.61. The number of imidazole rings is 1. The van der Waals surface area contributed by atoms with Crippen molar-refractivity contribution in [2.24, 2.45) is 0 Å². The Kier molecular flexibility index (Phi) is 6.70. The number of benzene rings is 6. The van der Waals surface area contributed by atoms with E-state index >= 15 is 0 Å². The van der Waals surface area contributed by atoms with Crippen LogP contribution in [0.5, 0.6) is 0 Å². The highest BCUT2D eigenvalue weighted by Crippen LogP contribution is 2.42. The first-order chi connectivity index (χ1) is 25.1. The Balaban J connectivity index is 1.06. The molecule has 0 aliphatic rings. The molecule has 0 aliphatic carbocycles. The summed E-state index contributed by atoms with van der Waals surface area (Å²) in [5.74, 6) is 0. The first-order valence-corrected chi connectivity index (χ1v) is 18.7. The highest BCUT2D eigenvalue weighted by atomic mass is 31.2. The molecule has 0 fully saturated rings. The van der Waals surface area contributed by atoms with E-state index < -0.39 is 7.14 Å². The molecule has 0 amide bonds. The summed E-state index contributed by atoms with van der Waals surface area (Å²) in [6, 6.07) is 57.0. The van der Waals surface area contributed by atoms with E-state index in [9.17, 15) is 4.57 Å². The summed E-state index contributed by atoms with van der Waals surface area (Å²) < 4.78 is 17.1. The van der Waals surface area contributed by atoms with E-state index in [-0.39, 0.29) is 0 Å². The summed E-state index contributed by atoms with van der Waals surface area (Å²) in [7, 11) is -3.04. The molecule has 0 bridgehead atoms. The molecule has 10 aromatic rings. The van der Waals surface area contributed by atoms with Gasteiger partial charge in [0.2, 0.25) is 0 Å². The van der Waals surface area contributed by atoms with Gasteiger partial charge in [0.25, 0.3) is 0 Å². The maximum atomic E-state index is 14.8. The Labute approximate surface area is 293 Å². The molecule has 6 heteroatoms. The average molecular weight is 673 g/mol. The third-order valence-electron chi connectivity index (χ3n) is 9.88. The molecule has 0 N–H and O–H groups in total. The van der Waals surface area contributed by atoms with Crippen LogP contribution in [0.3, 0.4) is 0 Å². The second kappa shape index (κ2) is 11.6. The number of para-hydroxylation sites is 3. The Morgan fingerprint density at radius 2 is 1.10 bits per heavy atom. The van der Waals surface area contributed by atoms with Gasteiger partial charge >= 0.3 is 0 Å². The third-order valence-corrected chi connectivity index (χ3v) is 13.0. The number of aromatic nitrogens is 4. The van der Waals surface area contributed by atoms with Crippen molar-refractivity contribution >= 4 is 72.4 Å². The molecule has 0 atom stereocenters. The van der Waals surface area contributed by atoms with Crippen LogP contribution in [-0.4, -0.2) is 19.4 Å². The summed E-state index contributed by atoms with van der Waals surface area (Å²) in [6.45, 7) is 0. The zero-order chi connectivity index (χ0) is 33.9. The van der Waals surface area contributed by atoms with Crippen molar-refractivity contribution in [3.8, 4) is 22.4 Å². The zero-order valence-electron chi connectivity index (χ0n) is 27.4. The molecule has 0 aliphatic heterocycles. The van der Waals surface area contributed by atoms with E-state index in [0.717, 1.165) is 87.7 Å². The van der Waals surface area contributed by atoms with Crippen LogP contribution in [0.1, 0.15) is 0 Å². The molecule has 0 radical (unpaired) electrons. The van der Waals surface area contributed by atoms with E-state index in [1.165, 1.54) is 0 Å². The number of nitrogens with zero attached hydrogens (tertiary/aromatic N) is 4. The molecule has 6 aromatic carbocycles. The van der Waals surface area contributed by atoms with E-state index in [2.05, 4.69) is 71.1 Å². The minimum atomic E-state index is -3.04. The number of pyridine rings is 3. The molecule has 4 aromatic heterocycles. The van der Waals surface area contributed by atoms with Crippen LogP contribution in [0.4, 0.5) is 0 Å². The van der Waals surface area contributed by atoms with Crippen molar-refractivity contribution in [2.75, 3.05) is 0 Å². The van der Waals surface area contributed by atoms with Gasteiger partial charge in [-0.1, -0.05) is 127 Å². The summed E-state index contributed by atoms with van der Waals surface area (Å²) >= 11 is 0. The first-order valence-electron chi connectivity index (χ1n) is 17.0. The second-order valence-corrected chi connectivity index (χ2v) is 15.6. The number of fused-ring (bicyclic) bond motifs is 9. The molecule has 0 unspecified atom stereocenters. The van der Waals surface area contributed by atoms with Crippen molar-refractivity contribution in [2.45, 2.75) is 0 Å². The molecule has 5 nitrogen and oxygen atoms in total. The third kappa shape index (κ3) is 4.70. The van der Waals surface area contributed by atoms with Gasteiger partial charge < -0.3 is 4.57 Å². The van der Waals surface area contributed by atoms with Crippen molar-refractivity contribution in [3.05, 3.63) is 176 Å². The summed E-state index contributed by atoms with van der Waals surface area (Å²) in [5.41, 5.74) is 9.72. The maximum Gasteiger partial charge on any atom is 0.171 e. The fourth-order valence-corrected chi connectivity index (χ4v) is 9.99. The minimum Gasteiger partial charge on any atom is -0.309 e. The van der Waals surface area contributed by atoms with E-state index in [1.807, 2.05) is 109 Å². The smallest absolute Gasteiger partial charge is 0.171 e. The molecule has 10 rings (SSSR count). The fraction of sp³-hybridized carbons (Fsp3) is 0. The van der Waals surface area contributed by atoms with Gasteiger partial charge in [-0.15, -0.1) is 0 Å². The van der Waals surface area contributed by atoms with E-state index in [1.54, 1.807) is 0 Å². The highest BCUT2D eigenvalue weighted by molar-refractivity contribution is 7.85. The van der Waals surface area contributed by atoms with Gasteiger partial charge in [0, 0.05) is 49.4 Å². The Morgan fingerprint density at radius 1 is 0.471 bits per heavy atom. The Morgan fingerprint density at radius 3 is 1.82 bits per heavy atom. The van der Waals surface area contributed by atoms with Gasteiger partial charge in [0.15, 0.2) is 7.14 Å². The van der Waals surface area contributed by atoms with Crippen molar-refractivity contribution in [1.29, 1.82) is 0 Å². The maximum absolute atomic E-state index is 14.8. The SMILES string of the molecule is O=P(c1ccccc1)(c1ccccc1)c1ccc(-c2ccc(-c3ccc4c5nc6ccccc6cc5c5nc6ccccc6n5c4c3)nc2)cc1. The molecular weight excluding hydrogens is 643 g/mol. The van der Waals surface area contributed by atoms with Crippen molar-refractivity contribution in [3.63, 3.8) is 0 Å². The van der Waals surface area contributed by atoms with Crippen LogP contribution in [0.25, 0.3) is 71.8 Å². The monoisotopic (exact) mass is 672 g/mol. The quantitative estimate of drug-likeness (QED) is 0.104. The molecule has 0 spiro atoms. The normalized spacial score (nSPS) is 12.0. The van der Waals surface area contributed by atoms with Gasteiger partial charge in [-0.3, -0.25) is 9.38 Å². The topological polar surface area (TPSA) is 60.2 Å². The molecule has 240 valence electrons. The lowest BCUT2D eigenvalue weighted by molar-refractivity contribution is 0.592. The molecule has 0 saturated carbocycles. The fourth-order valence-electron chi connectivity index (χ4n) is 7.34. The van der Waals surface area contributed by atoms with Gasteiger partial charge in [-0.2, -0.15) is 0 Å². The number of rotatable bonds is 5. The van der Waals surface area contributed by atoms with Crippen LogP contribution in [0.15, 0.2) is 176 Å². The van der Waals surface area contributed by atoms with Crippen LogP contribution < -0.4 is 15.9 Å². The lowest BCUT2D eigenvalue weighted by Crippen LogP contribution is -2.24. The lowest BCUT2D eigenvalue weighted by Gasteiger charge is -2.20. The molecular formula is C45H29N4OP. The Bertz CT molecular complexity index is 2930. The number of hydrogen-bond donors (Lipinski definition) is 0. The summed E-state index contributed by atoms with van der Waals surface area (Å²) in [4.78, 5) is 15.2. The predicted molar refractivity (Wildman–Crippen MR) is 211 cm³/mol. The van der Waals surface area contributed by atoms with Crippen molar-refractivity contribution < 1.29 is 4.57 Å². The largest absolute Gasteiger partial charge is 0.309 e. The Hall–Kier alpha value is -6.42. The van der Waals surface area contributed by atoms with Crippen LogP contribution >= 0.6 is 7.14 Å². The van der Waals surface area contributed by atoms with Crippen LogP contribution in [0.2, 0.25) is 0 Å². The first kappa shape index (κ1) is 29.5. The summed E-state index contributed by atoms with van der Waals surface area (Å²) in [6.07, 6.45) is 1.92. The van der Waals surface area contributed by atoms with Crippen molar-refractivity contribution in [1.82, 2.24) is 19.4 Å².